The lowest BCUT2D eigenvalue weighted by Gasteiger charge is -2.09. The minimum Gasteiger partial charge on any atom is -0.497 e. The van der Waals surface area contributed by atoms with E-state index in [2.05, 4.69) is 5.32 Å². The second-order valence-electron chi connectivity index (χ2n) is 5.17. The molecule has 0 aliphatic carbocycles. The Bertz CT molecular complexity index is 470. The van der Waals surface area contributed by atoms with Gasteiger partial charge in [-0.1, -0.05) is 13.8 Å². The van der Waals surface area contributed by atoms with Crippen molar-refractivity contribution in [2.24, 2.45) is 5.92 Å². The number of esters is 1. The molecule has 0 aromatic heterocycles. The Morgan fingerprint density at radius 1 is 1.18 bits per heavy atom. The van der Waals surface area contributed by atoms with Gasteiger partial charge in [-0.05, 0) is 43.5 Å². The smallest absolute Gasteiger partial charge is 0.308 e. The molecular formula is C17H25NO4. The number of rotatable bonds is 9. The van der Waals surface area contributed by atoms with Gasteiger partial charge in [-0.3, -0.25) is 9.59 Å². The van der Waals surface area contributed by atoms with Crippen molar-refractivity contribution >= 4 is 11.9 Å². The number of hydrogen-bond donors (Lipinski definition) is 1. The lowest BCUT2D eigenvalue weighted by molar-refractivity contribution is -0.148. The van der Waals surface area contributed by atoms with Crippen LogP contribution >= 0.6 is 0 Å². The van der Waals surface area contributed by atoms with Crippen molar-refractivity contribution in [2.45, 2.75) is 33.1 Å². The summed E-state index contributed by atoms with van der Waals surface area (Å²) in [5.74, 6) is 0.415. The molecule has 0 radical (unpaired) electrons. The van der Waals surface area contributed by atoms with Crippen LogP contribution in [0.4, 0.5) is 0 Å². The van der Waals surface area contributed by atoms with Gasteiger partial charge in [0, 0.05) is 12.1 Å². The van der Waals surface area contributed by atoms with Crippen molar-refractivity contribution in [3.05, 3.63) is 29.8 Å². The summed E-state index contributed by atoms with van der Waals surface area (Å²) >= 11 is 0. The molecule has 1 rings (SSSR count). The summed E-state index contributed by atoms with van der Waals surface area (Å²) in [7, 11) is 1.59. The third-order valence-electron chi connectivity index (χ3n) is 3.47. The van der Waals surface area contributed by atoms with Crippen LogP contribution in [0.1, 0.15) is 43.5 Å². The summed E-state index contributed by atoms with van der Waals surface area (Å²) in [5, 5.41) is 2.84. The summed E-state index contributed by atoms with van der Waals surface area (Å²) in [6.07, 6.45) is 2.30. The molecule has 1 amide bonds. The van der Waals surface area contributed by atoms with Gasteiger partial charge in [0.25, 0.3) is 5.91 Å². The topological polar surface area (TPSA) is 64.6 Å². The maximum atomic E-state index is 11.9. The van der Waals surface area contributed by atoms with E-state index in [4.69, 9.17) is 9.47 Å². The van der Waals surface area contributed by atoms with E-state index in [0.29, 0.717) is 18.7 Å². The molecule has 122 valence electrons. The predicted octanol–water partition coefficient (Wildman–Crippen LogP) is 2.79. The highest BCUT2D eigenvalue weighted by atomic mass is 16.5. The van der Waals surface area contributed by atoms with Crippen molar-refractivity contribution in [2.75, 3.05) is 20.3 Å². The van der Waals surface area contributed by atoms with Crippen LogP contribution in [0.25, 0.3) is 0 Å². The van der Waals surface area contributed by atoms with Gasteiger partial charge < -0.3 is 14.8 Å². The highest BCUT2D eigenvalue weighted by molar-refractivity contribution is 5.94. The zero-order chi connectivity index (χ0) is 16.4. The first kappa shape index (κ1) is 18.0. The fourth-order valence-electron chi connectivity index (χ4n) is 1.76. The summed E-state index contributed by atoms with van der Waals surface area (Å²) in [4.78, 5) is 23.3. The molecule has 22 heavy (non-hydrogen) atoms. The fourth-order valence-corrected chi connectivity index (χ4v) is 1.76. The highest BCUT2D eigenvalue weighted by Crippen LogP contribution is 2.11. The molecular weight excluding hydrogens is 282 g/mol. The van der Waals surface area contributed by atoms with Crippen LogP contribution in [-0.4, -0.2) is 32.1 Å². The van der Waals surface area contributed by atoms with Crippen LogP contribution in [0.2, 0.25) is 0 Å². The molecule has 5 heteroatoms. The van der Waals surface area contributed by atoms with Gasteiger partial charge in [0.15, 0.2) is 0 Å². The zero-order valence-electron chi connectivity index (χ0n) is 13.6. The molecule has 1 aromatic rings. The molecule has 1 unspecified atom stereocenters. The maximum absolute atomic E-state index is 11.9. The maximum Gasteiger partial charge on any atom is 0.308 e. The Morgan fingerprint density at radius 2 is 1.86 bits per heavy atom. The second-order valence-corrected chi connectivity index (χ2v) is 5.17. The van der Waals surface area contributed by atoms with Gasteiger partial charge in [0.05, 0.1) is 19.6 Å². The van der Waals surface area contributed by atoms with E-state index in [1.54, 1.807) is 31.4 Å². The summed E-state index contributed by atoms with van der Waals surface area (Å²) in [5.41, 5.74) is 0.601. The fraction of sp³-hybridized carbons (Fsp3) is 0.529. The number of methoxy groups -OCH3 is 1. The molecule has 0 spiro atoms. The molecule has 0 aliphatic heterocycles. The van der Waals surface area contributed by atoms with Crippen LogP contribution in [-0.2, 0) is 9.53 Å². The summed E-state index contributed by atoms with van der Waals surface area (Å²) in [6, 6.07) is 6.96. The van der Waals surface area contributed by atoms with E-state index in [1.165, 1.54) is 0 Å². The van der Waals surface area contributed by atoms with E-state index in [9.17, 15) is 9.59 Å². The van der Waals surface area contributed by atoms with E-state index in [0.717, 1.165) is 25.0 Å². The van der Waals surface area contributed by atoms with Gasteiger partial charge in [0.1, 0.15) is 5.75 Å². The number of benzene rings is 1. The Kier molecular flexibility index (Phi) is 8.04. The predicted molar refractivity (Wildman–Crippen MR) is 85.0 cm³/mol. The summed E-state index contributed by atoms with van der Waals surface area (Å²) < 4.78 is 10.2. The minimum atomic E-state index is -0.148. The molecule has 0 heterocycles. The number of ether oxygens (including phenoxy) is 2. The molecule has 1 atom stereocenters. The Labute approximate surface area is 132 Å². The van der Waals surface area contributed by atoms with Crippen molar-refractivity contribution in [1.82, 2.24) is 5.32 Å². The lowest BCUT2D eigenvalue weighted by Crippen LogP contribution is -2.24. The van der Waals surface area contributed by atoms with Gasteiger partial charge in [0.2, 0.25) is 0 Å². The lowest BCUT2D eigenvalue weighted by atomic mass is 10.1. The molecule has 1 N–H and O–H groups in total. The average Bonchev–Trinajstić information content (AvgIpc) is 2.56. The van der Waals surface area contributed by atoms with Gasteiger partial charge in [-0.25, -0.2) is 0 Å². The molecule has 1 aromatic carbocycles. The Hall–Kier alpha value is -2.04. The van der Waals surface area contributed by atoms with E-state index in [1.807, 2.05) is 13.8 Å². The molecule has 0 saturated carbocycles. The molecule has 0 bridgehead atoms. The second kappa shape index (κ2) is 9.82. The number of carbonyl (C=O) groups is 2. The zero-order valence-corrected chi connectivity index (χ0v) is 13.6. The van der Waals surface area contributed by atoms with Crippen molar-refractivity contribution in [1.29, 1.82) is 0 Å². The average molecular weight is 307 g/mol. The molecule has 0 aliphatic rings. The van der Waals surface area contributed by atoms with Crippen LogP contribution in [0.5, 0.6) is 5.75 Å². The van der Waals surface area contributed by atoms with Gasteiger partial charge in [-0.2, -0.15) is 0 Å². The number of amides is 1. The Balaban J connectivity index is 2.16. The van der Waals surface area contributed by atoms with Gasteiger partial charge >= 0.3 is 5.97 Å². The normalized spacial score (nSPS) is 11.6. The summed E-state index contributed by atoms with van der Waals surface area (Å²) in [6.45, 7) is 4.78. The van der Waals surface area contributed by atoms with Gasteiger partial charge in [-0.15, -0.1) is 0 Å². The first-order valence-electron chi connectivity index (χ1n) is 7.67. The number of nitrogens with one attached hydrogen (secondary N) is 1. The van der Waals surface area contributed by atoms with E-state index in [-0.39, 0.29) is 17.8 Å². The number of carbonyl (C=O) groups excluding carboxylic acids is 2. The molecule has 0 fully saturated rings. The van der Waals surface area contributed by atoms with Crippen molar-refractivity contribution < 1.29 is 19.1 Å². The standard InChI is InChI=1S/C17H25NO4/c1-4-13(2)17(20)22-12-6-5-11-18-16(19)14-7-9-15(21-3)10-8-14/h7-10,13H,4-6,11-12H2,1-3H3,(H,18,19). The number of hydrogen-bond acceptors (Lipinski definition) is 4. The van der Waals surface area contributed by atoms with Crippen molar-refractivity contribution in [3.63, 3.8) is 0 Å². The third kappa shape index (κ3) is 6.16. The first-order valence-corrected chi connectivity index (χ1v) is 7.67. The SMILES string of the molecule is CCC(C)C(=O)OCCCCNC(=O)c1ccc(OC)cc1. The van der Waals surface area contributed by atoms with Crippen LogP contribution in [0.15, 0.2) is 24.3 Å². The van der Waals surface area contributed by atoms with Crippen LogP contribution in [0, 0.1) is 5.92 Å². The first-order chi connectivity index (χ1) is 10.6. The highest BCUT2D eigenvalue weighted by Gasteiger charge is 2.11. The minimum absolute atomic E-state index is 0.0465. The third-order valence-corrected chi connectivity index (χ3v) is 3.47. The van der Waals surface area contributed by atoms with E-state index < -0.39 is 0 Å². The van der Waals surface area contributed by atoms with Crippen LogP contribution in [0.3, 0.4) is 0 Å². The molecule has 5 nitrogen and oxygen atoms in total. The van der Waals surface area contributed by atoms with E-state index >= 15 is 0 Å². The van der Waals surface area contributed by atoms with Crippen LogP contribution < -0.4 is 10.1 Å². The van der Waals surface area contributed by atoms with Crippen molar-refractivity contribution in [3.8, 4) is 5.75 Å². The quantitative estimate of drug-likeness (QED) is 0.563. The monoisotopic (exact) mass is 307 g/mol. The largest absolute Gasteiger partial charge is 0.497 e. The molecule has 0 saturated heterocycles. The number of unbranched alkanes of at least 4 members (excludes halogenated alkanes) is 1. The Morgan fingerprint density at radius 3 is 2.45 bits per heavy atom.